The number of amides is 1. The predicted molar refractivity (Wildman–Crippen MR) is 104 cm³/mol. The molecule has 0 aliphatic rings. The van der Waals surface area contributed by atoms with Gasteiger partial charge in [-0.1, -0.05) is 24.3 Å². The highest BCUT2D eigenvalue weighted by Gasteiger charge is 2.14. The van der Waals surface area contributed by atoms with E-state index in [2.05, 4.69) is 11.4 Å². The number of nitrogens with one attached hydrogen (secondary N) is 1. The van der Waals surface area contributed by atoms with Crippen LogP contribution in [0, 0.1) is 22.7 Å². The van der Waals surface area contributed by atoms with Crippen LogP contribution in [0.15, 0.2) is 70.7 Å². The number of rotatable bonds is 5. The van der Waals surface area contributed by atoms with Crippen LogP contribution in [0.3, 0.4) is 0 Å². The number of hydrogen-bond donors (Lipinski definition) is 1. The molecule has 0 fully saturated rings. The van der Waals surface area contributed by atoms with E-state index in [9.17, 15) is 15.3 Å². The molecular formula is C22H15N3O3. The average molecular weight is 369 g/mol. The van der Waals surface area contributed by atoms with Crippen molar-refractivity contribution in [2.45, 2.75) is 0 Å². The Labute approximate surface area is 161 Å². The van der Waals surface area contributed by atoms with Crippen molar-refractivity contribution in [1.82, 2.24) is 0 Å². The molecule has 1 N–H and O–H groups in total. The molecule has 0 atom stereocenters. The van der Waals surface area contributed by atoms with Gasteiger partial charge in [-0.25, -0.2) is 0 Å². The zero-order valence-corrected chi connectivity index (χ0v) is 15.0. The van der Waals surface area contributed by atoms with Crippen LogP contribution in [0.25, 0.3) is 17.4 Å². The number of carbonyl (C=O) groups is 1. The molecule has 0 aliphatic heterocycles. The van der Waals surface area contributed by atoms with Crippen molar-refractivity contribution in [3.05, 3.63) is 77.6 Å². The third-order valence-corrected chi connectivity index (χ3v) is 3.95. The molecule has 1 aromatic heterocycles. The standard InChI is InChI=1S/C22H15N3O3/c1-27-21-9-5-4-8-19(21)25-22(26)16(14-24)12-17-10-11-20(28-17)18-7-3-2-6-15(18)13-23/h2-12H,1H3,(H,25,26)/b16-12+. The summed E-state index contributed by atoms with van der Waals surface area (Å²) in [5.74, 6) is 0.712. The lowest BCUT2D eigenvalue weighted by Gasteiger charge is -2.08. The van der Waals surface area contributed by atoms with Crippen LogP contribution < -0.4 is 10.1 Å². The van der Waals surface area contributed by atoms with Crippen LogP contribution in [-0.4, -0.2) is 13.0 Å². The van der Waals surface area contributed by atoms with Gasteiger partial charge in [0, 0.05) is 11.6 Å². The molecule has 136 valence electrons. The van der Waals surface area contributed by atoms with Gasteiger partial charge in [-0.05, 0) is 36.4 Å². The topological polar surface area (TPSA) is 99.0 Å². The van der Waals surface area contributed by atoms with E-state index >= 15 is 0 Å². The lowest BCUT2D eigenvalue weighted by Crippen LogP contribution is -2.14. The maximum Gasteiger partial charge on any atom is 0.266 e. The quantitative estimate of drug-likeness (QED) is 0.532. The molecule has 2 aromatic carbocycles. The summed E-state index contributed by atoms with van der Waals surface area (Å²) in [5, 5.41) is 21.2. The molecule has 0 radical (unpaired) electrons. The van der Waals surface area contributed by atoms with Crippen LogP contribution in [0.2, 0.25) is 0 Å². The molecule has 0 bridgehead atoms. The van der Waals surface area contributed by atoms with E-state index in [1.165, 1.54) is 13.2 Å². The monoisotopic (exact) mass is 369 g/mol. The maximum absolute atomic E-state index is 12.5. The van der Waals surface area contributed by atoms with Gasteiger partial charge in [-0.15, -0.1) is 0 Å². The summed E-state index contributed by atoms with van der Waals surface area (Å²) in [5.41, 5.74) is 1.45. The Morgan fingerprint density at radius 1 is 1.07 bits per heavy atom. The number of anilines is 1. The molecule has 6 heteroatoms. The van der Waals surface area contributed by atoms with Gasteiger partial charge in [0.2, 0.25) is 0 Å². The fraction of sp³-hybridized carbons (Fsp3) is 0.0455. The van der Waals surface area contributed by atoms with E-state index < -0.39 is 5.91 Å². The number of hydrogen-bond acceptors (Lipinski definition) is 5. The summed E-state index contributed by atoms with van der Waals surface area (Å²) in [4.78, 5) is 12.5. The molecular weight excluding hydrogens is 354 g/mol. The van der Waals surface area contributed by atoms with Crippen LogP contribution in [0.4, 0.5) is 5.69 Å². The molecule has 0 aliphatic carbocycles. The first kappa shape index (κ1) is 18.5. The zero-order valence-electron chi connectivity index (χ0n) is 15.0. The molecule has 0 saturated heterocycles. The summed E-state index contributed by atoms with van der Waals surface area (Å²) in [6.07, 6.45) is 1.35. The van der Waals surface area contributed by atoms with Gasteiger partial charge in [0.25, 0.3) is 5.91 Å². The zero-order chi connectivity index (χ0) is 19.9. The minimum absolute atomic E-state index is 0.125. The summed E-state index contributed by atoms with van der Waals surface area (Å²) < 4.78 is 10.9. The molecule has 0 saturated carbocycles. The molecule has 1 heterocycles. The molecule has 0 spiro atoms. The summed E-state index contributed by atoms with van der Waals surface area (Å²) in [7, 11) is 1.50. The van der Waals surface area contributed by atoms with Gasteiger partial charge in [-0.3, -0.25) is 4.79 Å². The smallest absolute Gasteiger partial charge is 0.266 e. The molecule has 3 rings (SSSR count). The van der Waals surface area contributed by atoms with E-state index in [4.69, 9.17) is 9.15 Å². The van der Waals surface area contributed by atoms with Gasteiger partial charge in [-0.2, -0.15) is 10.5 Å². The minimum Gasteiger partial charge on any atom is -0.495 e. The molecule has 28 heavy (non-hydrogen) atoms. The van der Waals surface area contributed by atoms with Gasteiger partial charge in [0.15, 0.2) is 0 Å². The Bertz CT molecular complexity index is 1130. The van der Waals surface area contributed by atoms with E-state index in [0.717, 1.165) is 0 Å². The van der Waals surface area contributed by atoms with Crippen LogP contribution in [0.1, 0.15) is 11.3 Å². The Kier molecular flexibility index (Phi) is 5.55. The van der Waals surface area contributed by atoms with Crippen LogP contribution >= 0.6 is 0 Å². The first-order valence-corrected chi connectivity index (χ1v) is 8.31. The Hall–Kier alpha value is -4.29. The fourth-order valence-electron chi connectivity index (χ4n) is 2.60. The Morgan fingerprint density at radius 3 is 2.57 bits per heavy atom. The lowest BCUT2D eigenvalue weighted by molar-refractivity contribution is -0.112. The van der Waals surface area contributed by atoms with Crippen molar-refractivity contribution in [1.29, 1.82) is 10.5 Å². The minimum atomic E-state index is -0.581. The van der Waals surface area contributed by atoms with Crippen molar-refractivity contribution in [3.8, 4) is 29.2 Å². The van der Waals surface area contributed by atoms with Crippen molar-refractivity contribution in [2.24, 2.45) is 0 Å². The highest BCUT2D eigenvalue weighted by molar-refractivity contribution is 6.10. The van der Waals surface area contributed by atoms with E-state index in [-0.39, 0.29) is 5.57 Å². The van der Waals surface area contributed by atoms with Gasteiger partial charge < -0.3 is 14.5 Å². The predicted octanol–water partition coefficient (Wildman–Crippen LogP) is 4.37. The molecule has 0 unspecified atom stereocenters. The van der Waals surface area contributed by atoms with Crippen molar-refractivity contribution in [2.75, 3.05) is 12.4 Å². The van der Waals surface area contributed by atoms with E-state index in [1.807, 2.05) is 6.07 Å². The fourth-order valence-corrected chi connectivity index (χ4v) is 2.60. The number of benzene rings is 2. The molecule has 1 amide bonds. The number of carbonyl (C=O) groups excluding carboxylic acids is 1. The third kappa shape index (κ3) is 3.92. The second-order valence-corrected chi connectivity index (χ2v) is 5.68. The largest absolute Gasteiger partial charge is 0.495 e. The second-order valence-electron chi connectivity index (χ2n) is 5.68. The second kappa shape index (κ2) is 8.39. The Balaban J connectivity index is 1.86. The Morgan fingerprint density at radius 2 is 1.82 bits per heavy atom. The summed E-state index contributed by atoms with van der Waals surface area (Å²) >= 11 is 0. The third-order valence-electron chi connectivity index (χ3n) is 3.95. The van der Waals surface area contributed by atoms with Gasteiger partial charge in [0.1, 0.15) is 28.9 Å². The first-order valence-electron chi connectivity index (χ1n) is 8.31. The van der Waals surface area contributed by atoms with Crippen LogP contribution in [0.5, 0.6) is 5.75 Å². The summed E-state index contributed by atoms with van der Waals surface area (Å²) in [6, 6.07) is 21.2. The number of para-hydroxylation sites is 2. The SMILES string of the molecule is COc1ccccc1NC(=O)/C(C#N)=C/c1ccc(-c2ccccc2C#N)o1. The van der Waals surface area contributed by atoms with Crippen molar-refractivity contribution >= 4 is 17.7 Å². The van der Waals surface area contributed by atoms with Gasteiger partial charge in [0.05, 0.1) is 24.4 Å². The highest BCUT2D eigenvalue weighted by Crippen LogP contribution is 2.27. The highest BCUT2D eigenvalue weighted by atomic mass is 16.5. The molecule has 3 aromatic rings. The van der Waals surface area contributed by atoms with E-state index in [1.54, 1.807) is 60.7 Å². The van der Waals surface area contributed by atoms with Crippen molar-refractivity contribution < 1.29 is 13.9 Å². The normalized spacial score (nSPS) is 10.6. The number of methoxy groups -OCH3 is 1. The lowest BCUT2D eigenvalue weighted by atomic mass is 10.1. The number of nitrogens with zero attached hydrogens (tertiary/aromatic N) is 2. The van der Waals surface area contributed by atoms with Crippen LogP contribution in [-0.2, 0) is 4.79 Å². The van der Waals surface area contributed by atoms with Crippen molar-refractivity contribution in [3.63, 3.8) is 0 Å². The maximum atomic E-state index is 12.5. The molecule has 6 nitrogen and oxygen atoms in total. The number of nitriles is 2. The van der Waals surface area contributed by atoms with Gasteiger partial charge >= 0.3 is 0 Å². The van der Waals surface area contributed by atoms with E-state index in [0.29, 0.717) is 34.1 Å². The average Bonchev–Trinajstić information content (AvgIpc) is 3.20. The number of ether oxygens (including phenoxy) is 1. The summed E-state index contributed by atoms with van der Waals surface area (Å²) in [6.45, 7) is 0. The first-order chi connectivity index (χ1) is 13.7. The number of furan rings is 1.